The number of carbonyl (C=O) groups excluding carboxylic acids is 1. The predicted molar refractivity (Wildman–Crippen MR) is 118 cm³/mol. The number of hydrogen-bond donors (Lipinski definition) is 0. The molecule has 3 heterocycles. The monoisotopic (exact) mass is 416 g/mol. The summed E-state index contributed by atoms with van der Waals surface area (Å²) < 4.78 is 0. The summed E-state index contributed by atoms with van der Waals surface area (Å²) in [5.41, 5.74) is 2.95. The van der Waals surface area contributed by atoms with E-state index in [9.17, 15) is 4.79 Å². The fourth-order valence-electron chi connectivity index (χ4n) is 3.33. The molecule has 0 bridgehead atoms. The molecule has 0 saturated heterocycles. The summed E-state index contributed by atoms with van der Waals surface area (Å²) in [6.45, 7) is 14.4. The second-order valence-corrected chi connectivity index (χ2v) is 9.62. The lowest BCUT2D eigenvalue weighted by Gasteiger charge is -2.24. The molecule has 0 fully saturated rings. The van der Waals surface area contributed by atoms with Crippen molar-refractivity contribution in [3.05, 3.63) is 37.5 Å². The minimum Gasteiger partial charge on any atom is -0.333 e. The molecule has 0 N–H and O–H groups in total. The van der Waals surface area contributed by atoms with E-state index < -0.39 is 0 Å². The van der Waals surface area contributed by atoms with Crippen molar-refractivity contribution in [3.63, 3.8) is 0 Å². The molecule has 3 aromatic rings. The summed E-state index contributed by atoms with van der Waals surface area (Å²) in [7, 11) is 1.88. The Morgan fingerprint density at radius 3 is 2.29 bits per heavy atom. The molecule has 5 nitrogen and oxygen atoms in total. The fraction of sp³-hybridized carbons (Fsp3) is 0.524. The Kier molecular flexibility index (Phi) is 5.87. The highest BCUT2D eigenvalue weighted by atomic mass is 32.1. The largest absolute Gasteiger partial charge is 0.333 e. The highest BCUT2D eigenvalue weighted by Crippen LogP contribution is 2.36. The number of thiophene rings is 1. The fourth-order valence-corrected chi connectivity index (χ4v) is 5.73. The summed E-state index contributed by atoms with van der Waals surface area (Å²) in [4.78, 5) is 31.9. The van der Waals surface area contributed by atoms with Crippen molar-refractivity contribution >= 4 is 38.8 Å². The van der Waals surface area contributed by atoms with E-state index in [-0.39, 0.29) is 11.9 Å². The van der Waals surface area contributed by atoms with Gasteiger partial charge in [-0.05, 0) is 33.3 Å². The predicted octanol–water partition coefficient (Wildman–Crippen LogP) is 5.59. The summed E-state index contributed by atoms with van der Waals surface area (Å²) in [5, 5.41) is 2.14. The Morgan fingerprint density at radius 1 is 1.04 bits per heavy atom. The Morgan fingerprint density at radius 2 is 1.71 bits per heavy atom. The number of amides is 1. The lowest BCUT2D eigenvalue weighted by atomic mass is 10.1. The molecule has 7 heteroatoms. The van der Waals surface area contributed by atoms with Gasteiger partial charge in [-0.25, -0.2) is 15.0 Å². The van der Waals surface area contributed by atoms with Gasteiger partial charge in [0.25, 0.3) is 5.91 Å². The number of hydrogen-bond acceptors (Lipinski definition) is 6. The van der Waals surface area contributed by atoms with Gasteiger partial charge in [0, 0.05) is 35.3 Å². The van der Waals surface area contributed by atoms with Crippen LogP contribution in [0.1, 0.15) is 82.0 Å². The van der Waals surface area contributed by atoms with Crippen LogP contribution in [-0.2, 0) is 6.42 Å². The van der Waals surface area contributed by atoms with Gasteiger partial charge in [0.15, 0.2) is 0 Å². The molecule has 0 saturated carbocycles. The summed E-state index contributed by atoms with van der Waals surface area (Å²) in [6.07, 6.45) is 0.788. The van der Waals surface area contributed by atoms with Crippen molar-refractivity contribution in [3.8, 4) is 0 Å². The van der Waals surface area contributed by atoms with Crippen LogP contribution in [0.15, 0.2) is 0 Å². The van der Waals surface area contributed by atoms with Crippen LogP contribution in [0.2, 0.25) is 0 Å². The summed E-state index contributed by atoms with van der Waals surface area (Å²) >= 11 is 3.19. The SMILES string of the molecule is CCc1nc(C)c2c(C)c(C(=O)N(C)[C@@H](C)c3sc(C(C)C)nc3C)sc2n1. The van der Waals surface area contributed by atoms with Crippen LogP contribution in [-0.4, -0.2) is 32.8 Å². The van der Waals surface area contributed by atoms with Crippen molar-refractivity contribution in [1.29, 1.82) is 0 Å². The molecular formula is C21H28N4OS2. The van der Waals surface area contributed by atoms with E-state index >= 15 is 0 Å². The Bertz CT molecular complexity index is 1030. The normalized spacial score (nSPS) is 12.8. The van der Waals surface area contributed by atoms with Crippen molar-refractivity contribution < 1.29 is 4.79 Å². The zero-order chi connectivity index (χ0) is 20.7. The molecular weight excluding hydrogens is 388 g/mol. The van der Waals surface area contributed by atoms with Crippen LogP contribution in [0.25, 0.3) is 10.2 Å². The first-order valence-electron chi connectivity index (χ1n) is 9.66. The van der Waals surface area contributed by atoms with Gasteiger partial charge in [-0.2, -0.15) is 0 Å². The number of thiazole rings is 1. The smallest absolute Gasteiger partial charge is 0.264 e. The van der Waals surface area contributed by atoms with Crippen LogP contribution < -0.4 is 0 Å². The maximum Gasteiger partial charge on any atom is 0.264 e. The molecule has 0 radical (unpaired) electrons. The van der Waals surface area contributed by atoms with Crippen molar-refractivity contribution in [2.75, 3.05) is 7.05 Å². The maximum absolute atomic E-state index is 13.3. The van der Waals surface area contributed by atoms with Gasteiger partial charge < -0.3 is 4.90 Å². The first-order chi connectivity index (χ1) is 13.1. The number of rotatable bonds is 5. The highest BCUT2D eigenvalue weighted by molar-refractivity contribution is 7.20. The number of aryl methyl sites for hydroxylation is 4. The highest BCUT2D eigenvalue weighted by Gasteiger charge is 2.27. The van der Waals surface area contributed by atoms with Crippen molar-refractivity contribution in [2.45, 2.75) is 66.8 Å². The summed E-state index contributed by atoms with van der Waals surface area (Å²) in [6, 6.07) is -0.0273. The molecule has 1 atom stereocenters. The average molecular weight is 417 g/mol. The van der Waals surface area contributed by atoms with Crippen LogP contribution >= 0.6 is 22.7 Å². The van der Waals surface area contributed by atoms with Crippen LogP contribution in [0, 0.1) is 20.8 Å². The Labute approximate surface area is 174 Å². The first-order valence-corrected chi connectivity index (χ1v) is 11.3. The molecule has 3 rings (SSSR count). The van der Waals surface area contributed by atoms with Gasteiger partial charge in [0.05, 0.1) is 21.6 Å². The van der Waals surface area contributed by atoms with E-state index in [2.05, 4.69) is 30.7 Å². The molecule has 28 heavy (non-hydrogen) atoms. The molecule has 0 aromatic carbocycles. The number of carbonyl (C=O) groups is 1. The Hall–Kier alpha value is -1.86. The molecule has 1 amide bonds. The minimum absolute atomic E-state index is 0.0273. The van der Waals surface area contributed by atoms with E-state index in [0.717, 1.165) is 54.2 Å². The third-order valence-electron chi connectivity index (χ3n) is 5.15. The van der Waals surface area contributed by atoms with Gasteiger partial charge in [0.1, 0.15) is 10.7 Å². The Balaban J connectivity index is 1.97. The zero-order valence-electron chi connectivity index (χ0n) is 17.9. The quantitative estimate of drug-likeness (QED) is 0.544. The second kappa shape index (κ2) is 7.87. The van der Waals surface area contributed by atoms with Gasteiger partial charge >= 0.3 is 0 Å². The maximum atomic E-state index is 13.3. The second-order valence-electron chi connectivity index (χ2n) is 7.56. The van der Waals surface area contributed by atoms with E-state index in [1.807, 2.05) is 39.6 Å². The lowest BCUT2D eigenvalue weighted by molar-refractivity contribution is 0.0749. The lowest BCUT2D eigenvalue weighted by Crippen LogP contribution is -2.29. The van der Waals surface area contributed by atoms with Crippen LogP contribution in [0.5, 0.6) is 0 Å². The van der Waals surface area contributed by atoms with Crippen molar-refractivity contribution in [1.82, 2.24) is 19.9 Å². The van der Waals surface area contributed by atoms with E-state index in [4.69, 9.17) is 4.98 Å². The standard InChI is InChI=1S/C21H28N4OS2/c1-9-15-22-12(5)16-11(4)17(27-20(16)24-15)21(26)25(8)14(7)18-13(6)23-19(28-18)10(2)3/h10,14H,9H2,1-8H3/t14-/m0/s1. The van der Waals surface area contributed by atoms with Crippen LogP contribution in [0.3, 0.4) is 0 Å². The van der Waals surface area contributed by atoms with Crippen LogP contribution in [0.4, 0.5) is 0 Å². The van der Waals surface area contributed by atoms with E-state index in [0.29, 0.717) is 5.92 Å². The topological polar surface area (TPSA) is 59.0 Å². The summed E-state index contributed by atoms with van der Waals surface area (Å²) in [5.74, 6) is 1.25. The molecule has 0 aliphatic heterocycles. The molecule has 3 aromatic heterocycles. The third-order valence-corrected chi connectivity index (χ3v) is 7.95. The number of nitrogens with zero attached hydrogens (tertiary/aromatic N) is 4. The van der Waals surface area contributed by atoms with Gasteiger partial charge in [0.2, 0.25) is 0 Å². The van der Waals surface area contributed by atoms with Crippen molar-refractivity contribution in [2.24, 2.45) is 0 Å². The van der Waals surface area contributed by atoms with Gasteiger partial charge in [-0.15, -0.1) is 22.7 Å². The van der Waals surface area contributed by atoms with Gasteiger partial charge in [-0.1, -0.05) is 20.8 Å². The number of aromatic nitrogens is 3. The molecule has 0 spiro atoms. The van der Waals surface area contributed by atoms with E-state index in [1.54, 1.807) is 11.3 Å². The molecule has 0 aliphatic carbocycles. The number of fused-ring (bicyclic) bond motifs is 1. The third kappa shape index (κ3) is 3.57. The van der Waals surface area contributed by atoms with E-state index in [1.165, 1.54) is 11.3 Å². The zero-order valence-corrected chi connectivity index (χ0v) is 19.5. The average Bonchev–Trinajstić information content (AvgIpc) is 3.20. The van der Waals surface area contributed by atoms with Gasteiger partial charge in [-0.3, -0.25) is 4.79 Å². The first kappa shape index (κ1) is 20.9. The molecule has 150 valence electrons. The minimum atomic E-state index is -0.0273. The molecule has 0 aliphatic rings. The molecule has 0 unspecified atom stereocenters.